The van der Waals surface area contributed by atoms with Gasteiger partial charge in [-0.25, -0.2) is 13.8 Å². The number of aromatic nitrogens is 1. The summed E-state index contributed by atoms with van der Waals surface area (Å²) in [4.78, 5) is 12.6. The molecule has 0 atom stereocenters. The second-order valence-corrected chi connectivity index (χ2v) is 10.7. The van der Waals surface area contributed by atoms with Gasteiger partial charge in [0.15, 0.2) is 0 Å². The third-order valence-electron chi connectivity index (χ3n) is 5.76. The highest BCUT2D eigenvalue weighted by molar-refractivity contribution is 7.92. The molecular weight excluding hydrogens is 448 g/mol. The number of benzene rings is 2. The van der Waals surface area contributed by atoms with Gasteiger partial charge in [-0.1, -0.05) is 35.4 Å². The molecule has 0 saturated carbocycles. The van der Waals surface area contributed by atoms with Gasteiger partial charge in [0.25, 0.3) is 5.91 Å². The first-order chi connectivity index (χ1) is 15.9. The Kier molecular flexibility index (Phi) is 7.31. The van der Waals surface area contributed by atoms with Crippen LogP contribution in [-0.4, -0.2) is 37.9 Å². The van der Waals surface area contributed by atoms with E-state index in [0.717, 1.165) is 44.3 Å². The Balaban J connectivity index is 1.78. The smallest absolute Gasteiger partial charge is 0.260 e. The molecule has 3 rings (SSSR count). The van der Waals surface area contributed by atoms with E-state index in [-0.39, 0.29) is 6.54 Å². The number of carbonyl (C=O) groups excluding carboxylic acids is 1. The molecule has 0 aliphatic heterocycles. The summed E-state index contributed by atoms with van der Waals surface area (Å²) in [6.07, 6.45) is 2.67. The number of amides is 1. The summed E-state index contributed by atoms with van der Waals surface area (Å²) < 4.78 is 28.0. The lowest BCUT2D eigenvalue weighted by Crippen LogP contribution is -2.39. The maximum atomic E-state index is 12.6. The molecule has 0 aliphatic carbocycles. The first kappa shape index (κ1) is 25.2. The van der Waals surface area contributed by atoms with E-state index in [1.165, 1.54) is 11.1 Å². The molecule has 0 radical (unpaired) electrons. The molecule has 8 heteroatoms. The molecule has 3 aromatic rings. The summed E-state index contributed by atoms with van der Waals surface area (Å²) in [5.74, 6) is -0.523. The zero-order valence-electron chi connectivity index (χ0n) is 20.8. The highest BCUT2D eigenvalue weighted by atomic mass is 32.2. The van der Waals surface area contributed by atoms with Gasteiger partial charge < -0.3 is 4.57 Å². The van der Waals surface area contributed by atoms with E-state index in [1.807, 2.05) is 45.9 Å². The zero-order valence-corrected chi connectivity index (χ0v) is 21.6. The SMILES string of the molecule is Cc1ccc(N(CC(=O)N/N=C\c2cc(C)n(-c3ccc(C)cc3C)c2C)S(C)(=O)=O)c(C)c1. The van der Waals surface area contributed by atoms with Crippen molar-refractivity contribution in [3.8, 4) is 5.69 Å². The summed E-state index contributed by atoms with van der Waals surface area (Å²) >= 11 is 0. The van der Waals surface area contributed by atoms with Crippen LogP contribution in [0.5, 0.6) is 0 Å². The standard InChI is InChI=1S/C26H32N4O3S/c1-17-8-10-24(19(3)12-17)29(34(7,32)33)16-26(31)28-27-15-23-14-21(5)30(22(23)6)25-11-9-18(2)13-20(25)4/h8-15H,16H2,1-7H3,(H,28,31)/b27-15-. The van der Waals surface area contributed by atoms with E-state index in [9.17, 15) is 13.2 Å². The number of hydrogen-bond acceptors (Lipinski definition) is 4. The molecule has 1 amide bonds. The molecule has 2 aromatic carbocycles. The van der Waals surface area contributed by atoms with Crippen LogP contribution in [0.3, 0.4) is 0 Å². The number of hydrogen-bond donors (Lipinski definition) is 1. The van der Waals surface area contributed by atoms with Gasteiger partial charge in [-0.15, -0.1) is 0 Å². The molecular formula is C26H32N4O3S. The number of rotatable bonds is 7. The van der Waals surface area contributed by atoms with Gasteiger partial charge in [-0.3, -0.25) is 9.10 Å². The van der Waals surface area contributed by atoms with Gasteiger partial charge in [0, 0.05) is 22.6 Å². The molecule has 0 bridgehead atoms. The van der Waals surface area contributed by atoms with Crippen molar-refractivity contribution in [3.05, 3.63) is 81.7 Å². The van der Waals surface area contributed by atoms with Crippen molar-refractivity contribution in [2.24, 2.45) is 5.10 Å². The minimum atomic E-state index is -3.66. The predicted molar refractivity (Wildman–Crippen MR) is 139 cm³/mol. The van der Waals surface area contributed by atoms with Crippen molar-refractivity contribution in [2.45, 2.75) is 41.5 Å². The van der Waals surface area contributed by atoms with Crippen LogP contribution >= 0.6 is 0 Å². The number of nitrogens with zero attached hydrogens (tertiary/aromatic N) is 3. The lowest BCUT2D eigenvalue weighted by Gasteiger charge is -2.23. The van der Waals surface area contributed by atoms with Crippen molar-refractivity contribution < 1.29 is 13.2 Å². The van der Waals surface area contributed by atoms with Crippen molar-refractivity contribution in [2.75, 3.05) is 17.1 Å². The topological polar surface area (TPSA) is 83.8 Å². The molecule has 180 valence electrons. The van der Waals surface area contributed by atoms with Gasteiger partial charge in [0.2, 0.25) is 10.0 Å². The summed E-state index contributed by atoms with van der Waals surface area (Å²) in [5, 5.41) is 4.09. The van der Waals surface area contributed by atoms with E-state index in [0.29, 0.717) is 5.69 Å². The van der Waals surface area contributed by atoms with E-state index < -0.39 is 15.9 Å². The average molecular weight is 481 g/mol. The number of nitrogens with one attached hydrogen (secondary N) is 1. The minimum absolute atomic E-state index is 0.359. The Bertz CT molecular complexity index is 1370. The molecule has 1 aromatic heterocycles. The fraction of sp³-hybridized carbons (Fsp3) is 0.308. The molecule has 0 saturated heterocycles. The second kappa shape index (κ2) is 9.85. The molecule has 34 heavy (non-hydrogen) atoms. The second-order valence-electron chi connectivity index (χ2n) is 8.80. The normalized spacial score (nSPS) is 11.7. The molecule has 7 nitrogen and oxygen atoms in total. The third-order valence-corrected chi connectivity index (χ3v) is 6.89. The number of hydrazone groups is 1. The summed E-state index contributed by atoms with van der Waals surface area (Å²) in [6.45, 7) is 11.6. The highest BCUT2D eigenvalue weighted by Crippen LogP contribution is 2.24. The number of anilines is 1. The summed E-state index contributed by atoms with van der Waals surface area (Å²) in [5.41, 5.74) is 11.1. The molecule has 1 N–H and O–H groups in total. The van der Waals surface area contributed by atoms with Crippen LogP contribution in [-0.2, 0) is 14.8 Å². The lowest BCUT2D eigenvalue weighted by molar-refractivity contribution is -0.119. The molecule has 0 unspecified atom stereocenters. The van der Waals surface area contributed by atoms with Crippen LogP contribution in [0.1, 0.15) is 39.2 Å². The summed E-state index contributed by atoms with van der Waals surface area (Å²) in [6, 6.07) is 13.7. The van der Waals surface area contributed by atoms with Gasteiger partial charge in [-0.2, -0.15) is 5.10 Å². The molecule has 1 heterocycles. The first-order valence-corrected chi connectivity index (χ1v) is 12.9. The Hall–Kier alpha value is -3.39. The largest absolute Gasteiger partial charge is 0.318 e. The van der Waals surface area contributed by atoms with E-state index in [1.54, 1.807) is 12.3 Å². The van der Waals surface area contributed by atoms with E-state index >= 15 is 0 Å². The van der Waals surface area contributed by atoms with Crippen molar-refractivity contribution >= 4 is 27.8 Å². The van der Waals surface area contributed by atoms with Crippen LogP contribution in [0.15, 0.2) is 47.6 Å². The Morgan fingerprint density at radius 3 is 2.18 bits per heavy atom. The Morgan fingerprint density at radius 1 is 0.971 bits per heavy atom. The Morgan fingerprint density at radius 2 is 1.59 bits per heavy atom. The monoisotopic (exact) mass is 480 g/mol. The molecule has 0 spiro atoms. The third kappa shape index (κ3) is 5.56. The average Bonchev–Trinajstić information content (AvgIpc) is 2.99. The van der Waals surface area contributed by atoms with Crippen molar-refractivity contribution in [1.29, 1.82) is 0 Å². The highest BCUT2D eigenvalue weighted by Gasteiger charge is 2.22. The Labute approximate surface area is 202 Å². The number of carbonyl (C=O) groups is 1. The zero-order chi connectivity index (χ0) is 25.2. The molecule has 0 fully saturated rings. The predicted octanol–water partition coefficient (Wildman–Crippen LogP) is 4.24. The number of sulfonamides is 1. The number of aryl methyl sites for hydroxylation is 5. The van der Waals surface area contributed by atoms with Crippen LogP contribution in [0, 0.1) is 41.5 Å². The maximum Gasteiger partial charge on any atom is 0.260 e. The van der Waals surface area contributed by atoms with Gasteiger partial charge in [0.05, 0.1) is 18.2 Å². The van der Waals surface area contributed by atoms with Crippen LogP contribution < -0.4 is 9.73 Å². The van der Waals surface area contributed by atoms with Crippen LogP contribution in [0.4, 0.5) is 5.69 Å². The van der Waals surface area contributed by atoms with Gasteiger partial charge in [0.1, 0.15) is 6.54 Å². The van der Waals surface area contributed by atoms with Crippen molar-refractivity contribution in [1.82, 2.24) is 9.99 Å². The van der Waals surface area contributed by atoms with Crippen LogP contribution in [0.2, 0.25) is 0 Å². The van der Waals surface area contributed by atoms with E-state index in [2.05, 4.69) is 47.1 Å². The van der Waals surface area contributed by atoms with Gasteiger partial charge in [-0.05, 0) is 70.9 Å². The minimum Gasteiger partial charge on any atom is -0.318 e. The van der Waals surface area contributed by atoms with Gasteiger partial charge >= 0.3 is 0 Å². The fourth-order valence-electron chi connectivity index (χ4n) is 4.15. The van der Waals surface area contributed by atoms with E-state index in [4.69, 9.17) is 0 Å². The first-order valence-electron chi connectivity index (χ1n) is 11.0. The lowest BCUT2D eigenvalue weighted by atomic mass is 10.1. The van der Waals surface area contributed by atoms with Crippen molar-refractivity contribution in [3.63, 3.8) is 0 Å². The fourth-order valence-corrected chi connectivity index (χ4v) is 5.07. The van der Waals surface area contributed by atoms with Crippen LogP contribution in [0.25, 0.3) is 5.69 Å². The summed E-state index contributed by atoms with van der Waals surface area (Å²) in [7, 11) is -3.66. The maximum absolute atomic E-state index is 12.6. The quantitative estimate of drug-likeness (QED) is 0.405. The molecule has 0 aliphatic rings.